The molecule has 7 heteroatoms. The van der Waals surface area contributed by atoms with E-state index in [0.29, 0.717) is 5.95 Å². The van der Waals surface area contributed by atoms with Gasteiger partial charge >= 0.3 is 0 Å². The Bertz CT molecular complexity index is 3210. The molecule has 5 heterocycles. The predicted molar refractivity (Wildman–Crippen MR) is 236 cm³/mol. The van der Waals surface area contributed by atoms with Crippen LogP contribution in [0.4, 0.5) is 0 Å². The predicted octanol–water partition coefficient (Wildman–Crippen LogP) is 8.55. The van der Waals surface area contributed by atoms with Crippen LogP contribution in [0.5, 0.6) is 0 Å². The van der Waals surface area contributed by atoms with Crippen LogP contribution in [-0.4, -0.2) is 36.0 Å². The van der Waals surface area contributed by atoms with Crippen LogP contribution >= 0.6 is 0 Å². The molecule has 0 saturated carbocycles. The Morgan fingerprint density at radius 3 is 1.26 bits per heavy atom. The number of rotatable bonds is 6. The van der Waals surface area contributed by atoms with Gasteiger partial charge in [0.05, 0.1) is 33.1 Å². The maximum absolute atomic E-state index is 5.25. The van der Waals surface area contributed by atoms with Gasteiger partial charge in [-0.05, 0) is 81.4 Å². The van der Waals surface area contributed by atoms with Crippen molar-refractivity contribution in [1.29, 1.82) is 0 Å². The van der Waals surface area contributed by atoms with Gasteiger partial charge in [0.15, 0.2) is 8.07 Å². The van der Waals surface area contributed by atoms with Gasteiger partial charge in [-0.1, -0.05) is 133 Å². The molecule has 57 heavy (non-hydrogen) atoms. The highest BCUT2D eigenvalue weighted by Gasteiger charge is 2.42. The number of nitrogens with zero attached hydrogens (tertiary/aromatic N) is 6. The Hall–Kier alpha value is -7.48. The Morgan fingerprint density at radius 2 is 0.737 bits per heavy atom. The smallest absolute Gasteiger partial charge is 0.235 e. The lowest BCUT2D eigenvalue weighted by atomic mass is 10.2. The molecule has 5 aromatic heterocycles. The third-order valence-corrected chi connectivity index (χ3v) is 16.5. The van der Waals surface area contributed by atoms with Crippen LogP contribution in [0.2, 0.25) is 0 Å². The highest BCUT2D eigenvalue weighted by atomic mass is 28.3. The van der Waals surface area contributed by atoms with Crippen LogP contribution < -0.4 is 20.7 Å². The monoisotopic (exact) mass is 746 g/mol. The maximum Gasteiger partial charge on any atom is 0.235 e. The third kappa shape index (κ3) is 4.51. The zero-order valence-corrected chi connectivity index (χ0v) is 31.8. The van der Waals surface area contributed by atoms with E-state index in [-0.39, 0.29) is 0 Å². The highest BCUT2D eigenvalue weighted by Crippen LogP contribution is 2.32. The van der Waals surface area contributed by atoms with Crippen LogP contribution in [0.15, 0.2) is 207 Å². The van der Waals surface area contributed by atoms with Crippen LogP contribution in [0, 0.1) is 0 Å². The van der Waals surface area contributed by atoms with E-state index in [1.54, 1.807) is 0 Å². The normalized spacial score (nSPS) is 12.2. The minimum Gasteiger partial charge on any atom is -0.294 e. The third-order valence-electron chi connectivity index (χ3n) is 11.8. The van der Waals surface area contributed by atoms with E-state index in [9.17, 15) is 0 Å². The first-order chi connectivity index (χ1) is 28.3. The summed E-state index contributed by atoms with van der Waals surface area (Å²) in [6.45, 7) is 0. The lowest BCUT2D eigenvalue weighted by Gasteiger charge is -2.34. The standard InChI is InChI=1S/C50H34N6Si/c1-3-17-38(18-4-1)57(39-19-5-2-6-20-39,40-29-27-37(28-30-40)53-44-23-11-12-24-45(44)54-42-21-9-7-15-35(42)31-48(53)54)41-33-51-50(52-34-41)56-47-26-14-13-25-46(47)55-43-22-10-8-16-36(43)32-49(55)56/h1-34H. The van der Waals surface area contributed by atoms with E-state index in [1.807, 2.05) is 0 Å². The Labute approximate surface area is 328 Å². The van der Waals surface area contributed by atoms with Crippen molar-refractivity contribution >= 4 is 84.0 Å². The number of hydrogen-bond donors (Lipinski definition) is 0. The molecule has 268 valence electrons. The molecular weight excluding hydrogens is 713 g/mol. The van der Waals surface area contributed by atoms with E-state index < -0.39 is 8.07 Å². The van der Waals surface area contributed by atoms with Crippen molar-refractivity contribution in [3.05, 3.63) is 207 Å². The average molecular weight is 747 g/mol. The number of fused-ring (bicyclic) bond motifs is 10. The van der Waals surface area contributed by atoms with E-state index in [0.717, 1.165) is 33.2 Å². The van der Waals surface area contributed by atoms with Crippen LogP contribution in [-0.2, 0) is 0 Å². The molecule has 0 fully saturated rings. The summed E-state index contributed by atoms with van der Waals surface area (Å²) >= 11 is 0. The van der Waals surface area contributed by atoms with Gasteiger partial charge in [0.2, 0.25) is 5.95 Å². The van der Waals surface area contributed by atoms with Crippen molar-refractivity contribution in [3.63, 3.8) is 0 Å². The van der Waals surface area contributed by atoms with Gasteiger partial charge in [-0.25, -0.2) is 9.97 Å². The van der Waals surface area contributed by atoms with Crippen molar-refractivity contribution in [1.82, 2.24) is 27.9 Å². The van der Waals surface area contributed by atoms with Crippen LogP contribution in [0.1, 0.15) is 0 Å². The number of benzene rings is 7. The molecule has 0 aliphatic heterocycles. The van der Waals surface area contributed by atoms with Gasteiger partial charge in [0, 0.05) is 28.9 Å². The van der Waals surface area contributed by atoms with Crippen LogP contribution in [0.25, 0.3) is 66.8 Å². The van der Waals surface area contributed by atoms with Gasteiger partial charge in [0.25, 0.3) is 0 Å². The number of para-hydroxylation sites is 6. The van der Waals surface area contributed by atoms with E-state index in [2.05, 4.69) is 224 Å². The summed E-state index contributed by atoms with van der Waals surface area (Å²) in [5, 5.41) is 7.35. The highest BCUT2D eigenvalue weighted by molar-refractivity contribution is 7.19. The first kappa shape index (κ1) is 31.8. The molecule has 0 N–H and O–H groups in total. The minimum absolute atomic E-state index is 0.648. The zero-order chi connectivity index (χ0) is 37.5. The molecule has 12 aromatic rings. The largest absolute Gasteiger partial charge is 0.294 e. The first-order valence-electron chi connectivity index (χ1n) is 19.3. The summed E-state index contributed by atoms with van der Waals surface area (Å²) in [7, 11) is -2.94. The number of imidazole rings is 2. The zero-order valence-electron chi connectivity index (χ0n) is 30.8. The minimum atomic E-state index is -2.94. The van der Waals surface area contributed by atoms with Crippen molar-refractivity contribution in [3.8, 4) is 11.6 Å². The van der Waals surface area contributed by atoms with Gasteiger partial charge in [-0.3, -0.25) is 17.9 Å². The molecule has 6 nitrogen and oxygen atoms in total. The van der Waals surface area contributed by atoms with E-state index >= 15 is 0 Å². The summed E-state index contributed by atoms with van der Waals surface area (Å²) < 4.78 is 9.27. The van der Waals surface area contributed by atoms with E-state index in [4.69, 9.17) is 9.97 Å². The Kier molecular flexibility index (Phi) is 6.85. The van der Waals surface area contributed by atoms with E-state index in [1.165, 1.54) is 48.4 Å². The van der Waals surface area contributed by atoms with Crippen molar-refractivity contribution < 1.29 is 0 Å². The Balaban J connectivity index is 1.07. The summed E-state index contributed by atoms with van der Waals surface area (Å²) in [6.07, 6.45) is 4.18. The summed E-state index contributed by atoms with van der Waals surface area (Å²) in [4.78, 5) is 10.5. The van der Waals surface area contributed by atoms with Crippen molar-refractivity contribution in [2.24, 2.45) is 0 Å². The Morgan fingerprint density at radius 1 is 0.333 bits per heavy atom. The molecule has 0 amide bonds. The molecule has 0 aliphatic carbocycles. The second-order valence-electron chi connectivity index (χ2n) is 14.7. The molecule has 0 spiro atoms. The first-order valence-corrected chi connectivity index (χ1v) is 21.3. The number of aromatic nitrogens is 6. The molecule has 0 atom stereocenters. The summed E-state index contributed by atoms with van der Waals surface area (Å²) in [6, 6.07) is 70.1. The lowest BCUT2D eigenvalue weighted by molar-refractivity contribution is 0.984. The molecule has 0 saturated heterocycles. The SMILES string of the molecule is c1ccc([Si](c2ccccc2)(c2ccc(-n3c4ccccc4n4c5ccccc5cc34)cc2)c2cnc(-n3c4ccccc4n4c5ccccc5cc34)nc2)cc1. The fourth-order valence-electron chi connectivity index (χ4n) is 9.40. The topological polar surface area (TPSA) is 44.5 Å². The van der Waals surface area contributed by atoms with Gasteiger partial charge in [0.1, 0.15) is 11.3 Å². The molecule has 0 radical (unpaired) electrons. The van der Waals surface area contributed by atoms with Gasteiger partial charge < -0.3 is 0 Å². The average Bonchev–Trinajstić information content (AvgIpc) is 4.02. The quantitative estimate of drug-likeness (QED) is 0.127. The molecule has 0 unspecified atom stereocenters. The fourth-order valence-corrected chi connectivity index (χ4v) is 14.0. The van der Waals surface area contributed by atoms with Crippen molar-refractivity contribution in [2.45, 2.75) is 0 Å². The van der Waals surface area contributed by atoms with Crippen LogP contribution in [0.3, 0.4) is 0 Å². The van der Waals surface area contributed by atoms with Crippen molar-refractivity contribution in [2.75, 3.05) is 0 Å². The molecule has 0 aliphatic rings. The molecule has 12 rings (SSSR count). The van der Waals surface area contributed by atoms with Gasteiger partial charge in [-0.15, -0.1) is 0 Å². The molecule has 0 bridgehead atoms. The fraction of sp³-hybridized carbons (Fsp3) is 0. The second-order valence-corrected chi connectivity index (χ2v) is 18.6. The maximum atomic E-state index is 5.25. The molecular formula is C50H34N6Si. The second kappa shape index (κ2) is 12.3. The summed E-state index contributed by atoms with van der Waals surface area (Å²) in [5.41, 5.74) is 10.2. The van der Waals surface area contributed by atoms with Gasteiger partial charge in [-0.2, -0.15) is 0 Å². The molecule has 7 aromatic carbocycles. The lowest BCUT2D eigenvalue weighted by Crippen LogP contribution is -2.74. The number of hydrogen-bond acceptors (Lipinski definition) is 2. The summed E-state index contributed by atoms with van der Waals surface area (Å²) in [5.74, 6) is 0.648.